The highest BCUT2D eigenvalue weighted by molar-refractivity contribution is 5.82. The summed E-state index contributed by atoms with van der Waals surface area (Å²) in [6.07, 6.45) is 0.853. The van der Waals surface area contributed by atoms with Gasteiger partial charge in [0.25, 0.3) is 0 Å². The summed E-state index contributed by atoms with van der Waals surface area (Å²) in [5, 5.41) is 11.5. The zero-order valence-corrected chi connectivity index (χ0v) is 10.5. The lowest BCUT2D eigenvalue weighted by Gasteiger charge is -2.22. The molecule has 17 heavy (non-hydrogen) atoms. The smallest absolute Gasteiger partial charge is 0.326 e. The predicted molar refractivity (Wildman–Crippen MR) is 61.8 cm³/mol. The predicted octanol–water partition coefficient (Wildman–Crippen LogP) is 0.526. The van der Waals surface area contributed by atoms with Crippen LogP contribution in [0.2, 0.25) is 0 Å². The van der Waals surface area contributed by atoms with Crippen molar-refractivity contribution in [3.05, 3.63) is 0 Å². The van der Waals surface area contributed by atoms with Crippen molar-refractivity contribution in [3.8, 4) is 0 Å². The van der Waals surface area contributed by atoms with Gasteiger partial charge < -0.3 is 20.1 Å². The number of hydrogen-bond donors (Lipinski definition) is 2. The van der Waals surface area contributed by atoms with Gasteiger partial charge in [-0.25, -0.2) is 9.59 Å². The Morgan fingerprint density at radius 1 is 1.47 bits per heavy atom. The number of urea groups is 1. The highest BCUT2D eigenvalue weighted by Crippen LogP contribution is 2.12. The van der Waals surface area contributed by atoms with Crippen molar-refractivity contribution < 1.29 is 19.4 Å². The van der Waals surface area contributed by atoms with Crippen LogP contribution in [0.5, 0.6) is 0 Å². The zero-order valence-electron chi connectivity index (χ0n) is 10.5. The van der Waals surface area contributed by atoms with Crippen LogP contribution in [0.25, 0.3) is 0 Å². The number of ether oxygens (including phenoxy) is 1. The van der Waals surface area contributed by atoms with E-state index < -0.39 is 12.0 Å². The monoisotopic (exact) mass is 244 g/mol. The number of methoxy groups -OCH3 is 1. The molecule has 1 rings (SSSR count). The Balaban J connectivity index is 2.51. The Morgan fingerprint density at radius 2 is 2.12 bits per heavy atom. The van der Waals surface area contributed by atoms with Gasteiger partial charge in [-0.1, -0.05) is 13.8 Å². The van der Waals surface area contributed by atoms with Crippen LogP contribution < -0.4 is 5.32 Å². The standard InChI is InChI=1S/C11H20N2O4/c1-7(2)9(10(14)15)12-11(16)13-5-4-8(6-13)17-3/h7-9H,4-6H2,1-3H3,(H,12,16)(H,14,15)/t8?,9-/m0/s1. The van der Waals surface area contributed by atoms with E-state index in [9.17, 15) is 9.59 Å². The Labute approximate surface area is 101 Å². The summed E-state index contributed by atoms with van der Waals surface area (Å²) < 4.78 is 5.15. The highest BCUT2D eigenvalue weighted by Gasteiger charge is 2.30. The van der Waals surface area contributed by atoms with Crippen molar-refractivity contribution in [1.82, 2.24) is 10.2 Å². The number of carboxylic acid groups (broad SMARTS) is 1. The van der Waals surface area contributed by atoms with Gasteiger partial charge in [-0.05, 0) is 12.3 Å². The number of hydrogen-bond acceptors (Lipinski definition) is 3. The van der Waals surface area contributed by atoms with Gasteiger partial charge in [-0.3, -0.25) is 0 Å². The Hall–Kier alpha value is -1.30. The molecule has 0 saturated carbocycles. The third kappa shape index (κ3) is 3.59. The van der Waals surface area contributed by atoms with Crippen LogP contribution in [0.15, 0.2) is 0 Å². The molecule has 1 aliphatic heterocycles. The van der Waals surface area contributed by atoms with Gasteiger partial charge >= 0.3 is 12.0 Å². The van der Waals surface area contributed by atoms with Crippen LogP contribution in [0.4, 0.5) is 4.79 Å². The molecule has 6 heteroatoms. The molecule has 1 saturated heterocycles. The number of carbonyl (C=O) groups excluding carboxylic acids is 1. The van der Waals surface area contributed by atoms with Crippen molar-refractivity contribution in [2.45, 2.75) is 32.4 Å². The maximum Gasteiger partial charge on any atom is 0.326 e. The minimum absolute atomic E-state index is 0.0584. The van der Waals surface area contributed by atoms with E-state index in [0.717, 1.165) is 6.42 Å². The molecule has 6 nitrogen and oxygen atoms in total. The number of amides is 2. The number of nitrogens with zero attached hydrogens (tertiary/aromatic N) is 1. The molecule has 2 N–H and O–H groups in total. The number of carboxylic acids is 1. The van der Waals surface area contributed by atoms with Crippen LogP contribution in [-0.2, 0) is 9.53 Å². The lowest BCUT2D eigenvalue weighted by Crippen LogP contribution is -2.49. The summed E-state index contributed by atoms with van der Waals surface area (Å²) in [5.74, 6) is -1.15. The first-order valence-electron chi connectivity index (χ1n) is 5.76. The number of likely N-dealkylation sites (tertiary alicyclic amines) is 1. The summed E-state index contributed by atoms with van der Waals surface area (Å²) in [4.78, 5) is 24.4. The molecule has 0 aromatic carbocycles. The Kier molecular flexibility index (Phi) is 4.74. The van der Waals surface area contributed by atoms with Crippen molar-refractivity contribution >= 4 is 12.0 Å². The fourth-order valence-corrected chi connectivity index (χ4v) is 1.84. The van der Waals surface area contributed by atoms with E-state index in [4.69, 9.17) is 9.84 Å². The molecular weight excluding hydrogens is 224 g/mol. The van der Waals surface area contributed by atoms with E-state index in [-0.39, 0.29) is 18.1 Å². The van der Waals surface area contributed by atoms with Gasteiger partial charge in [-0.2, -0.15) is 0 Å². The number of nitrogens with one attached hydrogen (secondary N) is 1. The van der Waals surface area contributed by atoms with Crippen LogP contribution in [0, 0.1) is 5.92 Å². The fraction of sp³-hybridized carbons (Fsp3) is 0.818. The maximum absolute atomic E-state index is 11.8. The second-order valence-electron chi connectivity index (χ2n) is 4.60. The minimum Gasteiger partial charge on any atom is -0.480 e. The second-order valence-corrected chi connectivity index (χ2v) is 4.60. The van der Waals surface area contributed by atoms with Gasteiger partial charge in [0.2, 0.25) is 0 Å². The quantitative estimate of drug-likeness (QED) is 0.756. The largest absolute Gasteiger partial charge is 0.480 e. The van der Waals surface area contributed by atoms with E-state index >= 15 is 0 Å². The van der Waals surface area contributed by atoms with Crippen molar-refractivity contribution in [2.24, 2.45) is 5.92 Å². The molecule has 2 amide bonds. The third-order valence-electron chi connectivity index (χ3n) is 2.98. The molecule has 0 spiro atoms. The molecule has 0 aromatic heterocycles. The van der Waals surface area contributed by atoms with E-state index in [1.165, 1.54) is 0 Å². The first kappa shape index (κ1) is 13.8. The van der Waals surface area contributed by atoms with E-state index in [1.54, 1.807) is 25.9 Å². The molecule has 0 aliphatic carbocycles. The maximum atomic E-state index is 11.8. The summed E-state index contributed by atoms with van der Waals surface area (Å²) in [5.41, 5.74) is 0. The normalized spacial score (nSPS) is 21.6. The van der Waals surface area contributed by atoms with Crippen molar-refractivity contribution in [3.63, 3.8) is 0 Å². The van der Waals surface area contributed by atoms with Gasteiger partial charge in [-0.15, -0.1) is 0 Å². The minimum atomic E-state index is -1.00. The SMILES string of the molecule is COC1CCN(C(=O)N[C@H](C(=O)O)C(C)C)C1. The molecule has 98 valence electrons. The van der Waals surface area contributed by atoms with Crippen LogP contribution in [-0.4, -0.2) is 54.4 Å². The molecule has 1 unspecified atom stereocenters. The Morgan fingerprint density at radius 3 is 2.53 bits per heavy atom. The van der Waals surface area contributed by atoms with Gasteiger partial charge in [0, 0.05) is 20.2 Å². The van der Waals surface area contributed by atoms with Crippen molar-refractivity contribution in [1.29, 1.82) is 0 Å². The molecular formula is C11H20N2O4. The summed E-state index contributed by atoms with van der Waals surface area (Å²) >= 11 is 0. The average molecular weight is 244 g/mol. The van der Waals surface area contributed by atoms with Gasteiger partial charge in [0.15, 0.2) is 0 Å². The van der Waals surface area contributed by atoms with Crippen LogP contribution >= 0.6 is 0 Å². The molecule has 0 radical (unpaired) electrons. The van der Waals surface area contributed by atoms with E-state index in [0.29, 0.717) is 13.1 Å². The molecule has 1 fully saturated rings. The molecule has 0 bridgehead atoms. The van der Waals surface area contributed by atoms with E-state index in [1.807, 2.05) is 0 Å². The molecule has 0 aromatic rings. The summed E-state index contributed by atoms with van der Waals surface area (Å²) in [6, 6.07) is -1.17. The number of aliphatic carboxylic acids is 1. The first-order valence-corrected chi connectivity index (χ1v) is 5.76. The lowest BCUT2D eigenvalue weighted by molar-refractivity contribution is -0.140. The van der Waals surface area contributed by atoms with Gasteiger partial charge in [0.05, 0.1) is 6.10 Å². The molecule has 2 atom stereocenters. The summed E-state index contributed by atoms with van der Waals surface area (Å²) in [6.45, 7) is 4.66. The molecule has 1 aliphatic rings. The third-order valence-corrected chi connectivity index (χ3v) is 2.98. The van der Waals surface area contributed by atoms with Crippen LogP contribution in [0.3, 0.4) is 0 Å². The zero-order chi connectivity index (χ0) is 13.0. The molecule has 1 heterocycles. The summed E-state index contributed by atoms with van der Waals surface area (Å²) in [7, 11) is 1.61. The number of carbonyl (C=O) groups is 2. The Bertz CT molecular complexity index is 293. The second kappa shape index (κ2) is 5.86. The topological polar surface area (TPSA) is 78.9 Å². The average Bonchev–Trinajstić information content (AvgIpc) is 2.73. The van der Waals surface area contributed by atoms with Gasteiger partial charge in [0.1, 0.15) is 6.04 Å². The van der Waals surface area contributed by atoms with E-state index in [2.05, 4.69) is 5.32 Å². The fourth-order valence-electron chi connectivity index (χ4n) is 1.84. The lowest BCUT2D eigenvalue weighted by atomic mass is 10.1. The van der Waals surface area contributed by atoms with Crippen molar-refractivity contribution in [2.75, 3.05) is 20.2 Å². The number of rotatable bonds is 4. The highest BCUT2D eigenvalue weighted by atomic mass is 16.5. The van der Waals surface area contributed by atoms with Crippen LogP contribution in [0.1, 0.15) is 20.3 Å². The first-order chi connectivity index (χ1) is 7.95.